The van der Waals surface area contributed by atoms with Crippen LogP contribution in [0.25, 0.3) is 10.9 Å². The van der Waals surface area contributed by atoms with E-state index >= 15 is 0 Å². The summed E-state index contributed by atoms with van der Waals surface area (Å²) in [4.78, 5) is 3.29. The van der Waals surface area contributed by atoms with Gasteiger partial charge in [-0.15, -0.1) is 0 Å². The van der Waals surface area contributed by atoms with Crippen molar-refractivity contribution in [2.75, 3.05) is 7.11 Å². The van der Waals surface area contributed by atoms with Crippen molar-refractivity contribution in [3.05, 3.63) is 30.0 Å². The van der Waals surface area contributed by atoms with Gasteiger partial charge in [0.25, 0.3) is 0 Å². The zero-order chi connectivity index (χ0) is 12.5. The van der Waals surface area contributed by atoms with Gasteiger partial charge in [0.05, 0.1) is 13.2 Å². The molecule has 0 aliphatic heterocycles. The lowest BCUT2D eigenvalue weighted by Crippen LogP contribution is -2.15. The summed E-state index contributed by atoms with van der Waals surface area (Å²) < 4.78 is 5.27. The number of benzene rings is 1. The molecule has 96 valence electrons. The first-order chi connectivity index (χ1) is 8.78. The smallest absolute Gasteiger partial charge is 0.119 e. The maximum absolute atomic E-state index is 9.93. The molecule has 1 fully saturated rings. The molecule has 2 unspecified atom stereocenters. The van der Waals surface area contributed by atoms with Crippen LogP contribution in [0.2, 0.25) is 0 Å². The third-order valence-electron chi connectivity index (χ3n) is 4.08. The maximum Gasteiger partial charge on any atom is 0.119 e. The van der Waals surface area contributed by atoms with E-state index < -0.39 is 0 Å². The van der Waals surface area contributed by atoms with E-state index in [2.05, 4.69) is 17.2 Å². The van der Waals surface area contributed by atoms with E-state index in [1.807, 2.05) is 12.1 Å². The molecule has 0 spiro atoms. The number of fused-ring (bicyclic) bond motifs is 1. The Morgan fingerprint density at radius 2 is 2.28 bits per heavy atom. The van der Waals surface area contributed by atoms with Crippen molar-refractivity contribution in [2.24, 2.45) is 5.92 Å². The number of aromatic amines is 1. The zero-order valence-electron chi connectivity index (χ0n) is 10.6. The monoisotopic (exact) mass is 245 g/mol. The third kappa shape index (κ3) is 1.99. The normalized spacial score (nSPS) is 23.7. The first-order valence-corrected chi connectivity index (χ1v) is 6.60. The molecule has 1 aliphatic rings. The summed E-state index contributed by atoms with van der Waals surface area (Å²) >= 11 is 0. The van der Waals surface area contributed by atoms with Gasteiger partial charge in [0, 0.05) is 17.1 Å². The number of ether oxygens (including phenoxy) is 1. The number of rotatable bonds is 3. The molecule has 1 saturated carbocycles. The minimum Gasteiger partial charge on any atom is -0.497 e. The Hall–Kier alpha value is -1.48. The lowest BCUT2D eigenvalue weighted by atomic mass is 9.96. The molecule has 3 heteroatoms. The maximum atomic E-state index is 9.93. The summed E-state index contributed by atoms with van der Waals surface area (Å²) in [7, 11) is 1.69. The molecule has 2 N–H and O–H groups in total. The highest BCUT2D eigenvalue weighted by atomic mass is 16.5. The highest BCUT2D eigenvalue weighted by molar-refractivity contribution is 5.84. The molecular formula is C15H19NO2. The number of nitrogens with one attached hydrogen (secondary N) is 1. The van der Waals surface area contributed by atoms with Gasteiger partial charge in [-0.05, 0) is 48.9 Å². The minimum absolute atomic E-state index is 0.124. The molecule has 3 nitrogen and oxygen atoms in total. The van der Waals surface area contributed by atoms with Crippen LogP contribution in [-0.4, -0.2) is 23.3 Å². The van der Waals surface area contributed by atoms with Gasteiger partial charge in [0.2, 0.25) is 0 Å². The Kier molecular flexibility index (Phi) is 3.00. The largest absolute Gasteiger partial charge is 0.497 e. The fourth-order valence-corrected chi connectivity index (χ4v) is 2.99. The van der Waals surface area contributed by atoms with Crippen molar-refractivity contribution < 1.29 is 9.84 Å². The number of aliphatic hydroxyl groups is 1. The second-order valence-electron chi connectivity index (χ2n) is 5.19. The predicted octanol–water partition coefficient (Wildman–Crippen LogP) is 2.88. The molecule has 0 saturated heterocycles. The van der Waals surface area contributed by atoms with E-state index in [1.54, 1.807) is 7.11 Å². The van der Waals surface area contributed by atoms with Crippen molar-refractivity contribution in [3.63, 3.8) is 0 Å². The topological polar surface area (TPSA) is 45.2 Å². The molecule has 2 atom stereocenters. The van der Waals surface area contributed by atoms with Crippen molar-refractivity contribution in [1.29, 1.82) is 0 Å². The van der Waals surface area contributed by atoms with E-state index in [1.165, 1.54) is 10.9 Å². The van der Waals surface area contributed by atoms with Gasteiger partial charge in [0.1, 0.15) is 5.75 Å². The molecule has 2 aromatic rings. The Labute approximate surface area is 107 Å². The van der Waals surface area contributed by atoms with Crippen LogP contribution in [-0.2, 0) is 6.42 Å². The lowest BCUT2D eigenvalue weighted by molar-refractivity contribution is 0.133. The van der Waals surface area contributed by atoms with Gasteiger partial charge in [-0.2, -0.15) is 0 Å². The Balaban J connectivity index is 1.91. The van der Waals surface area contributed by atoms with Crippen LogP contribution in [0.1, 0.15) is 24.8 Å². The van der Waals surface area contributed by atoms with E-state index in [9.17, 15) is 5.11 Å². The molecule has 1 aromatic carbocycles. The minimum atomic E-state index is -0.124. The van der Waals surface area contributed by atoms with Crippen molar-refractivity contribution in [2.45, 2.75) is 31.8 Å². The van der Waals surface area contributed by atoms with E-state index in [-0.39, 0.29) is 6.10 Å². The lowest BCUT2D eigenvalue weighted by Gasteiger charge is -2.13. The SMILES string of the molecule is COc1ccc2[nH]cc(CC3CCCC3O)c2c1. The molecular weight excluding hydrogens is 226 g/mol. The summed E-state index contributed by atoms with van der Waals surface area (Å²) in [6.07, 6.45) is 6.13. The highest BCUT2D eigenvalue weighted by Crippen LogP contribution is 2.32. The number of methoxy groups -OCH3 is 1. The fraction of sp³-hybridized carbons (Fsp3) is 0.467. The number of aromatic nitrogens is 1. The average molecular weight is 245 g/mol. The van der Waals surface area contributed by atoms with Gasteiger partial charge < -0.3 is 14.8 Å². The Bertz CT molecular complexity index is 546. The summed E-state index contributed by atoms with van der Waals surface area (Å²) in [5, 5.41) is 11.1. The van der Waals surface area contributed by atoms with Crippen molar-refractivity contribution >= 4 is 10.9 Å². The van der Waals surface area contributed by atoms with Crippen LogP contribution < -0.4 is 4.74 Å². The Morgan fingerprint density at radius 1 is 1.39 bits per heavy atom. The predicted molar refractivity (Wildman–Crippen MR) is 71.9 cm³/mol. The van der Waals surface area contributed by atoms with Crippen LogP contribution in [0, 0.1) is 5.92 Å². The summed E-state index contributed by atoms with van der Waals surface area (Å²) in [5.41, 5.74) is 2.42. The van der Waals surface area contributed by atoms with Crippen LogP contribution >= 0.6 is 0 Å². The quantitative estimate of drug-likeness (QED) is 0.873. The number of aliphatic hydroxyl groups excluding tert-OH is 1. The van der Waals surface area contributed by atoms with E-state index in [4.69, 9.17) is 4.74 Å². The highest BCUT2D eigenvalue weighted by Gasteiger charge is 2.26. The number of H-pyrrole nitrogens is 1. The van der Waals surface area contributed by atoms with Gasteiger partial charge in [-0.1, -0.05) is 6.42 Å². The first kappa shape index (κ1) is 11.6. The molecule has 3 rings (SSSR count). The van der Waals surface area contributed by atoms with Crippen LogP contribution in [0.15, 0.2) is 24.4 Å². The Morgan fingerprint density at radius 3 is 3.00 bits per heavy atom. The first-order valence-electron chi connectivity index (χ1n) is 6.60. The number of hydrogen-bond acceptors (Lipinski definition) is 2. The van der Waals surface area contributed by atoms with Crippen LogP contribution in [0.5, 0.6) is 5.75 Å². The zero-order valence-corrected chi connectivity index (χ0v) is 10.6. The average Bonchev–Trinajstić information content (AvgIpc) is 2.97. The second kappa shape index (κ2) is 4.65. The molecule has 18 heavy (non-hydrogen) atoms. The third-order valence-corrected chi connectivity index (χ3v) is 4.08. The standard InChI is InChI=1S/C15H19NO2/c1-18-12-5-6-14-13(8-12)11(9-16-14)7-10-3-2-4-15(10)17/h5-6,8-10,15-17H,2-4,7H2,1H3. The van der Waals surface area contributed by atoms with Crippen LogP contribution in [0.3, 0.4) is 0 Å². The van der Waals surface area contributed by atoms with Gasteiger partial charge in [-0.3, -0.25) is 0 Å². The molecule has 0 bridgehead atoms. The number of hydrogen-bond donors (Lipinski definition) is 2. The molecule has 1 heterocycles. The van der Waals surface area contributed by atoms with Crippen LogP contribution in [0.4, 0.5) is 0 Å². The van der Waals surface area contributed by atoms with Crippen molar-refractivity contribution in [3.8, 4) is 5.75 Å². The van der Waals surface area contributed by atoms with Gasteiger partial charge >= 0.3 is 0 Å². The summed E-state index contributed by atoms with van der Waals surface area (Å²) in [6.45, 7) is 0. The summed E-state index contributed by atoms with van der Waals surface area (Å²) in [6, 6.07) is 6.08. The summed E-state index contributed by atoms with van der Waals surface area (Å²) in [5.74, 6) is 1.30. The van der Waals surface area contributed by atoms with E-state index in [0.29, 0.717) is 5.92 Å². The van der Waals surface area contributed by atoms with Gasteiger partial charge in [-0.25, -0.2) is 0 Å². The van der Waals surface area contributed by atoms with E-state index in [0.717, 1.165) is 36.9 Å². The molecule has 0 amide bonds. The molecule has 1 aliphatic carbocycles. The fourth-order valence-electron chi connectivity index (χ4n) is 2.99. The second-order valence-corrected chi connectivity index (χ2v) is 5.19. The molecule has 0 radical (unpaired) electrons. The van der Waals surface area contributed by atoms with Crippen molar-refractivity contribution in [1.82, 2.24) is 4.98 Å². The van der Waals surface area contributed by atoms with Gasteiger partial charge in [0.15, 0.2) is 0 Å². The molecule has 1 aromatic heterocycles.